The van der Waals surface area contributed by atoms with E-state index in [-0.39, 0.29) is 18.1 Å². The summed E-state index contributed by atoms with van der Waals surface area (Å²) in [5.74, 6) is -0.0178. The molecular formula is C10H13F2N3O. The van der Waals surface area contributed by atoms with Gasteiger partial charge in [-0.1, -0.05) is 0 Å². The van der Waals surface area contributed by atoms with E-state index in [1.807, 2.05) is 0 Å². The topological polar surface area (TPSA) is 46.9 Å². The van der Waals surface area contributed by atoms with Crippen molar-refractivity contribution in [3.05, 3.63) is 17.5 Å². The molecule has 0 aromatic carbocycles. The van der Waals surface area contributed by atoms with E-state index < -0.39 is 6.43 Å². The number of aromatic nitrogens is 2. The van der Waals surface area contributed by atoms with Crippen molar-refractivity contribution in [3.8, 4) is 0 Å². The van der Waals surface area contributed by atoms with E-state index in [1.54, 1.807) is 0 Å². The Balaban J connectivity index is 2.22. The maximum absolute atomic E-state index is 12.7. The number of amides is 1. The second kappa shape index (κ2) is 4.19. The van der Waals surface area contributed by atoms with Crippen molar-refractivity contribution in [1.82, 2.24) is 15.1 Å². The van der Waals surface area contributed by atoms with Crippen molar-refractivity contribution < 1.29 is 13.6 Å². The van der Waals surface area contributed by atoms with Crippen LogP contribution < -0.4 is 5.32 Å². The Kier molecular flexibility index (Phi) is 2.89. The lowest BCUT2D eigenvalue weighted by atomic mass is 10.3. The Morgan fingerprint density at radius 3 is 2.88 bits per heavy atom. The molecular weight excluding hydrogens is 216 g/mol. The summed E-state index contributed by atoms with van der Waals surface area (Å²) < 4.78 is 26.5. The van der Waals surface area contributed by atoms with Gasteiger partial charge in [0.2, 0.25) is 5.91 Å². The Morgan fingerprint density at radius 1 is 1.69 bits per heavy atom. The summed E-state index contributed by atoms with van der Waals surface area (Å²) in [5, 5.41) is 6.45. The van der Waals surface area contributed by atoms with Gasteiger partial charge in [-0.05, 0) is 18.9 Å². The minimum Gasteiger partial charge on any atom is -0.358 e. The van der Waals surface area contributed by atoms with Gasteiger partial charge in [-0.2, -0.15) is 5.10 Å². The van der Waals surface area contributed by atoms with Gasteiger partial charge in [0.15, 0.2) is 0 Å². The van der Waals surface area contributed by atoms with Crippen molar-refractivity contribution in [1.29, 1.82) is 0 Å². The van der Waals surface area contributed by atoms with Gasteiger partial charge in [0.05, 0.1) is 5.69 Å². The number of halogens is 2. The van der Waals surface area contributed by atoms with Crippen LogP contribution in [-0.2, 0) is 11.3 Å². The molecule has 16 heavy (non-hydrogen) atoms. The van der Waals surface area contributed by atoms with Crippen LogP contribution in [0.3, 0.4) is 0 Å². The summed E-state index contributed by atoms with van der Waals surface area (Å²) in [6.07, 6.45) is -0.594. The number of hydrogen-bond donors (Lipinski definition) is 1. The molecule has 0 unspecified atom stereocenters. The second-order valence-electron chi connectivity index (χ2n) is 3.90. The minimum atomic E-state index is -2.59. The van der Waals surface area contributed by atoms with E-state index in [4.69, 9.17) is 0 Å². The molecule has 1 heterocycles. The molecule has 1 fully saturated rings. The van der Waals surface area contributed by atoms with Crippen LogP contribution in [-0.4, -0.2) is 22.7 Å². The zero-order chi connectivity index (χ0) is 11.7. The molecule has 0 aliphatic heterocycles. The van der Waals surface area contributed by atoms with Crippen LogP contribution in [0.5, 0.6) is 0 Å². The Labute approximate surface area is 91.6 Å². The molecule has 0 radical (unpaired) electrons. The summed E-state index contributed by atoms with van der Waals surface area (Å²) in [6.45, 7) is -0.150. The highest BCUT2D eigenvalue weighted by atomic mass is 19.3. The number of carbonyl (C=O) groups is 1. The fourth-order valence-corrected chi connectivity index (χ4v) is 1.55. The van der Waals surface area contributed by atoms with Crippen molar-refractivity contribution >= 4 is 5.91 Å². The fourth-order valence-electron chi connectivity index (χ4n) is 1.55. The smallest absolute Gasteiger partial charge is 0.280 e. The van der Waals surface area contributed by atoms with Gasteiger partial charge in [-0.15, -0.1) is 0 Å². The molecule has 0 atom stereocenters. The minimum absolute atomic E-state index is 0.150. The van der Waals surface area contributed by atoms with Crippen LogP contribution >= 0.6 is 0 Å². The number of nitrogens with one attached hydrogen (secondary N) is 1. The third-order valence-corrected chi connectivity index (χ3v) is 2.62. The van der Waals surface area contributed by atoms with E-state index >= 15 is 0 Å². The van der Waals surface area contributed by atoms with Gasteiger partial charge in [-0.25, -0.2) is 8.78 Å². The van der Waals surface area contributed by atoms with Crippen LogP contribution in [0.15, 0.2) is 6.07 Å². The highest BCUT2D eigenvalue weighted by Crippen LogP contribution is 2.40. The Morgan fingerprint density at radius 2 is 2.38 bits per heavy atom. The van der Waals surface area contributed by atoms with Gasteiger partial charge in [0.25, 0.3) is 6.43 Å². The molecule has 0 saturated heterocycles. The van der Waals surface area contributed by atoms with Crippen molar-refractivity contribution in [2.24, 2.45) is 0 Å². The van der Waals surface area contributed by atoms with Gasteiger partial charge in [0.1, 0.15) is 12.2 Å². The van der Waals surface area contributed by atoms with Crippen molar-refractivity contribution in [2.45, 2.75) is 31.7 Å². The summed E-state index contributed by atoms with van der Waals surface area (Å²) in [7, 11) is 1.47. The molecule has 0 spiro atoms. The van der Waals surface area contributed by atoms with E-state index in [0.717, 1.165) is 17.5 Å². The molecule has 4 nitrogen and oxygen atoms in total. The molecule has 2 rings (SSSR count). The molecule has 1 aliphatic carbocycles. The zero-order valence-electron chi connectivity index (χ0n) is 8.91. The Hall–Kier alpha value is -1.46. The first kappa shape index (κ1) is 11.0. The fraction of sp³-hybridized carbons (Fsp3) is 0.600. The lowest BCUT2D eigenvalue weighted by Gasteiger charge is -2.04. The van der Waals surface area contributed by atoms with Crippen molar-refractivity contribution in [3.63, 3.8) is 0 Å². The highest BCUT2D eigenvalue weighted by molar-refractivity contribution is 5.75. The van der Waals surface area contributed by atoms with E-state index in [9.17, 15) is 13.6 Å². The van der Waals surface area contributed by atoms with Gasteiger partial charge in [0, 0.05) is 13.0 Å². The standard InChI is InChI=1S/C10H13F2N3O/c1-13-9(16)5-15-8(10(11)12)4-7(14-15)6-2-3-6/h4,6,10H,2-3,5H2,1H3,(H,13,16). The largest absolute Gasteiger partial charge is 0.358 e. The molecule has 1 N–H and O–H groups in total. The summed E-state index contributed by atoms with van der Waals surface area (Å²) in [6, 6.07) is 1.41. The number of alkyl halides is 2. The number of hydrogen-bond acceptors (Lipinski definition) is 2. The maximum Gasteiger partial charge on any atom is 0.280 e. The summed E-state index contributed by atoms with van der Waals surface area (Å²) >= 11 is 0. The average molecular weight is 229 g/mol. The van der Waals surface area contributed by atoms with Crippen LogP contribution in [0, 0.1) is 0 Å². The summed E-state index contributed by atoms with van der Waals surface area (Å²) in [5.41, 5.74) is 0.504. The first-order chi connectivity index (χ1) is 7.61. The van der Waals surface area contributed by atoms with Crippen LogP contribution in [0.2, 0.25) is 0 Å². The second-order valence-corrected chi connectivity index (χ2v) is 3.90. The maximum atomic E-state index is 12.7. The Bertz CT molecular complexity index is 399. The first-order valence-electron chi connectivity index (χ1n) is 5.18. The molecule has 1 aromatic heterocycles. The first-order valence-corrected chi connectivity index (χ1v) is 5.18. The third kappa shape index (κ3) is 2.20. The number of carbonyl (C=O) groups excluding carboxylic acids is 1. The quantitative estimate of drug-likeness (QED) is 0.849. The molecule has 0 bridgehead atoms. The van der Waals surface area contributed by atoms with Crippen LogP contribution in [0.4, 0.5) is 8.78 Å². The monoisotopic (exact) mass is 229 g/mol. The van der Waals surface area contributed by atoms with Gasteiger partial charge >= 0.3 is 0 Å². The number of rotatable bonds is 4. The zero-order valence-corrected chi connectivity index (χ0v) is 8.91. The lowest BCUT2D eigenvalue weighted by Crippen LogP contribution is -2.25. The van der Waals surface area contributed by atoms with Gasteiger partial charge in [-0.3, -0.25) is 9.48 Å². The lowest BCUT2D eigenvalue weighted by molar-refractivity contribution is -0.121. The van der Waals surface area contributed by atoms with E-state index in [0.29, 0.717) is 11.6 Å². The molecule has 88 valence electrons. The predicted molar refractivity (Wildman–Crippen MR) is 53.2 cm³/mol. The molecule has 1 saturated carbocycles. The molecule has 1 aromatic rings. The predicted octanol–water partition coefficient (Wildman–Crippen LogP) is 1.44. The van der Waals surface area contributed by atoms with Crippen LogP contribution in [0.25, 0.3) is 0 Å². The van der Waals surface area contributed by atoms with E-state index in [2.05, 4.69) is 10.4 Å². The summed E-state index contributed by atoms with van der Waals surface area (Å²) in [4.78, 5) is 11.1. The van der Waals surface area contributed by atoms with Crippen molar-refractivity contribution in [2.75, 3.05) is 7.05 Å². The molecule has 6 heteroatoms. The number of nitrogens with zero attached hydrogens (tertiary/aromatic N) is 2. The highest BCUT2D eigenvalue weighted by Gasteiger charge is 2.29. The van der Waals surface area contributed by atoms with Gasteiger partial charge < -0.3 is 5.32 Å². The van der Waals surface area contributed by atoms with Crippen LogP contribution in [0.1, 0.15) is 36.6 Å². The normalized spacial score (nSPS) is 15.5. The average Bonchev–Trinajstić information content (AvgIpc) is 3.00. The number of likely N-dealkylation sites (N-methyl/N-ethyl adjacent to an activating group) is 1. The third-order valence-electron chi connectivity index (χ3n) is 2.62. The van der Waals surface area contributed by atoms with E-state index in [1.165, 1.54) is 13.1 Å². The molecule has 1 aliphatic rings. The molecule has 1 amide bonds. The SMILES string of the molecule is CNC(=O)Cn1nc(C2CC2)cc1C(F)F.